The van der Waals surface area contributed by atoms with E-state index in [0.717, 1.165) is 0 Å². The number of carbonyl (C=O) groups is 1. The largest absolute Gasteiger partial charge is 0.458 e. The molecule has 0 rings (SSSR count). The summed E-state index contributed by atoms with van der Waals surface area (Å²) in [6.45, 7) is 15.0. The van der Waals surface area contributed by atoms with E-state index >= 15 is 0 Å². The van der Waals surface area contributed by atoms with Crippen molar-refractivity contribution < 1.29 is 27.6 Å². The molecular weight excluding hydrogens is 394 g/mol. The smallest absolute Gasteiger partial charge is 0.320 e. The zero-order chi connectivity index (χ0) is 23.1. The van der Waals surface area contributed by atoms with Gasteiger partial charge >= 0.3 is 5.97 Å². The summed E-state index contributed by atoms with van der Waals surface area (Å²) in [7, 11) is -4.10. The fraction of sp³-hybridized carbons (Fsp3) is 0.952. The van der Waals surface area contributed by atoms with Crippen LogP contribution in [-0.4, -0.2) is 53.1 Å². The van der Waals surface area contributed by atoms with E-state index in [1.807, 2.05) is 48.5 Å². The summed E-state index contributed by atoms with van der Waals surface area (Å²) in [5.74, 6) is -0.730. The topological polar surface area (TPSA) is 113 Å². The van der Waals surface area contributed by atoms with Gasteiger partial charge in [0, 0.05) is 12.0 Å². The Hall–Kier alpha value is -0.700. The lowest BCUT2D eigenvalue weighted by Crippen LogP contribution is -2.50. The molecule has 0 spiro atoms. The van der Waals surface area contributed by atoms with Gasteiger partial charge in [-0.15, -0.1) is 0 Å². The molecule has 0 aliphatic rings. The molecule has 0 fully saturated rings. The van der Waals surface area contributed by atoms with Gasteiger partial charge in [0.2, 0.25) is 0 Å². The molecule has 3 N–H and O–H groups in total. The van der Waals surface area contributed by atoms with Crippen molar-refractivity contribution in [2.45, 2.75) is 111 Å². The zero-order valence-corrected chi connectivity index (χ0v) is 20.4. The Morgan fingerprint density at radius 2 is 1.48 bits per heavy atom. The van der Waals surface area contributed by atoms with Crippen molar-refractivity contribution in [3.8, 4) is 0 Å². The third kappa shape index (κ3) is 10.8. The monoisotopic (exact) mass is 437 g/mol. The summed E-state index contributed by atoms with van der Waals surface area (Å²) in [4.78, 5) is 12.5. The molecular formula is C21H43NO6S. The van der Waals surface area contributed by atoms with Gasteiger partial charge in [-0.25, -0.2) is 0 Å². The first-order valence-corrected chi connectivity index (χ1v) is 12.2. The van der Waals surface area contributed by atoms with E-state index in [-0.39, 0.29) is 12.3 Å². The van der Waals surface area contributed by atoms with Gasteiger partial charge in [-0.2, -0.15) is 8.42 Å². The van der Waals surface area contributed by atoms with Crippen LogP contribution in [0.4, 0.5) is 0 Å². The molecule has 4 unspecified atom stereocenters. The molecule has 174 valence electrons. The molecule has 0 bridgehead atoms. The van der Waals surface area contributed by atoms with Crippen LogP contribution in [0.15, 0.2) is 0 Å². The molecule has 0 aliphatic carbocycles. The molecule has 0 aliphatic heterocycles. The van der Waals surface area contributed by atoms with E-state index in [1.54, 1.807) is 6.92 Å². The van der Waals surface area contributed by atoms with Gasteiger partial charge in [0.15, 0.2) is 0 Å². The van der Waals surface area contributed by atoms with Gasteiger partial charge in [0.25, 0.3) is 10.1 Å². The van der Waals surface area contributed by atoms with Crippen molar-refractivity contribution in [3.05, 3.63) is 0 Å². The predicted molar refractivity (Wildman–Crippen MR) is 116 cm³/mol. The number of hydrogen-bond donors (Lipinski definition) is 3. The average molecular weight is 438 g/mol. The number of ether oxygens (including phenoxy) is 1. The van der Waals surface area contributed by atoms with E-state index in [2.05, 4.69) is 5.32 Å². The predicted octanol–water partition coefficient (Wildman–Crippen LogP) is 3.70. The number of rotatable bonds is 14. The Balaban J connectivity index is 5.12. The molecule has 0 aromatic rings. The number of aliphatic hydroxyl groups is 1. The van der Waals surface area contributed by atoms with Crippen molar-refractivity contribution in [3.63, 3.8) is 0 Å². The quantitative estimate of drug-likeness (QED) is 0.280. The lowest BCUT2D eigenvalue weighted by Gasteiger charge is -2.39. The van der Waals surface area contributed by atoms with Crippen LogP contribution in [0.25, 0.3) is 0 Å². The Morgan fingerprint density at radius 3 is 1.86 bits per heavy atom. The lowest BCUT2D eigenvalue weighted by atomic mass is 9.76. The van der Waals surface area contributed by atoms with E-state index < -0.39 is 38.2 Å². The molecule has 7 nitrogen and oxygen atoms in total. The molecule has 0 aromatic carbocycles. The minimum Gasteiger partial charge on any atom is -0.458 e. The van der Waals surface area contributed by atoms with Crippen molar-refractivity contribution in [1.29, 1.82) is 0 Å². The fourth-order valence-corrected chi connectivity index (χ4v) is 4.92. The highest BCUT2D eigenvalue weighted by molar-refractivity contribution is 7.85. The Morgan fingerprint density at radius 1 is 0.931 bits per heavy atom. The van der Waals surface area contributed by atoms with E-state index in [9.17, 15) is 22.9 Å². The van der Waals surface area contributed by atoms with Crippen LogP contribution in [0.2, 0.25) is 0 Å². The Labute approximate surface area is 177 Å². The van der Waals surface area contributed by atoms with Crippen LogP contribution >= 0.6 is 0 Å². The molecule has 0 saturated heterocycles. The lowest BCUT2D eigenvalue weighted by molar-refractivity contribution is -0.163. The number of nitrogens with one attached hydrogen (secondary N) is 1. The highest BCUT2D eigenvalue weighted by Crippen LogP contribution is 2.35. The zero-order valence-electron chi connectivity index (χ0n) is 19.6. The average Bonchev–Trinajstić information content (AvgIpc) is 2.58. The molecule has 29 heavy (non-hydrogen) atoms. The maximum absolute atomic E-state index is 12.5. The van der Waals surface area contributed by atoms with Crippen LogP contribution in [0.3, 0.4) is 0 Å². The van der Waals surface area contributed by atoms with Crippen molar-refractivity contribution >= 4 is 16.1 Å². The second-order valence-corrected chi connectivity index (χ2v) is 11.1. The highest BCUT2D eigenvalue weighted by Gasteiger charge is 2.38. The van der Waals surface area contributed by atoms with Crippen LogP contribution in [0.1, 0.15) is 93.9 Å². The Bertz CT molecular complexity index is 635. The van der Waals surface area contributed by atoms with Gasteiger partial charge in [0.1, 0.15) is 5.60 Å². The molecule has 0 amide bonds. The van der Waals surface area contributed by atoms with Gasteiger partial charge in [-0.05, 0) is 58.3 Å². The minimum absolute atomic E-state index is 0.0140. The summed E-state index contributed by atoms with van der Waals surface area (Å²) in [5.41, 5.74) is -2.78. The molecule has 0 aromatic heterocycles. The number of esters is 1. The second kappa shape index (κ2) is 10.6. The van der Waals surface area contributed by atoms with Crippen LogP contribution in [0, 0.1) is 5.41 Å². The molecule has 0 heterocycles. The first-order valence-electron chi connectivity index (χ1n) is 10.6. The van der Waals surface area contributed by atoms with Crippen LogP contribution < -0.4 is 5.32 Å². The van der Waals surface area contributed by atoms with Gasteiger partial charge in [-0.1, -0.05) is 34.6 Å². The molecule has 0 radical (unpaired) electrons. The summed E-state index contributed by atoms with van der Waals surface area (Å²) in [6.07, 6.45) is 3.24. The summed E-state index contributed by atoms with van der Waals surface area (Å²) >= 11 is 0. The molecule has 0 saturated carbocycles. The Kier molecular flexibility index (Phi) is 10.3. The number of hydrogen-bond acceptors (Lipinski definition) is 6. The van der Waals surface area contributed by atoms with E-state index in [1.165, 1.54) is 0 Å². The second-order valence-electron chi connectivity index (χ2n) is 9.64. The third-order valence-corrected chi connectivity index (χ3v) is 7.33. The highest BCUT2D eigenvalue weighted by atomic mass is 32.2. The van der Waals surface area contributed by atoms with E-state index in [0.29, 0.717) is 38.5 Å². The molecule has 4 atom stereocenters. The third-order valence-electron chi connectivity index (χ3n) is 6.27. The minimum atomic E-state index is -4.10. The van der Waals surface area contributed by atoms with E-state index in [4.69, 9.17) is 4.74 Å². The SMILES string of the molecule is CCC(C)(O)CC(C)(CC)OC(=O)CNC(C)(CC)CC(C)(CC)CS(=O)(=O)O. The van der Waals surface area contributed by atoms with Crippen molar-refractivity contribution in [1.82, 2.24) is 5.32 Å². The van der Waals surface area contributed by atoms with Gasteiger partial charge in [-0.3, -0.25) is 9.35 Å². The first kappa shape index (κ1) is 28.3. The number of carbonyl (C=O) groups excluding carboxylic acids is 1. The maximum atomic E-state index is 12.5. The van der Waals surface area contributed by atoms with Gasteiger partial charge < -0.3 is 15.2 Å². The van der Waals surface area contributed by atoms with Gasteiger partial charge in [0.05, 0.1) is 17.9 Å². The van der Waals surface area contributed by atoms with Crippen LogP contribution in [-0.2, 0) is 19.6 Å². The standard InChI is InChI=1S/C21H43NO6S/c1-9-18(5,16-29(25,26)27)14-19(6,10-2)22-13-17(23)28-21(8,12-4)15-20(7,24)11-3/h22,24H,9-16H2,1-8H3,(H,25,26,27). The fourth-order valence-electron chi connectivity index (χ4n) is 3.73. The summed E-state index contributed by atoms with van der Waals surface area (Å²) in [5, 5.41) is 13.6. The summed E-state index contributed by atoms with van der Waals surface area (Å²) < 4.78 is 37.8. The summed E-state index contributed by atoms with van der Waals surface area (Å²) in [6, 6.07) is 0. The normalized spacial score (nSPS) is 20.8. The van der Waals surface area contributed by atoms with Crippen molar-refractivity contribution in [2.75, 3.05) is 12.3 Å². The molecule has 8 heteroatoms. The first-order chi connectivity index (χ1) is 13.0. The van der Waals surface area contributed by atoms with Crippen molar-refractivity contribution in [2.24, 2.45) is 5.41 Å². The maximum Gasteiger partial charge on any atom is 0.320 e. The van der Waals surface area contributed by atoms with Crippen LogP contribution in [0.5, 0.6) is 0 Å².